The number of benzene rings is 1. The molecule has 21 heavy (non-hydrogen) atoms. The molecule has 6 nitrogen and oxygen atoms in total. The molecule has 0 bridgehead atoms. The number of rotatable bonds is 5. The fraction of sp³-hybridized carbons (Fsp3) is 0.533. The van der Waals surface area contributed by atoms with Crippen molar-refractivity contribution in [2.24, 2.45) is 5.84 Å². The van der Waals surface area contributed by atoms with Gasteiger partial charge in [0, 0.05) is 25.2 Å². The van der Waals surface area contributed by atoms with Crippen LogP contribution in [0.1, 0.15) is 16.8 Å². The molecule has 0 spiro atoms. The van der Waals surface area contributed by atoms with E-state index in [-0.39, 0.29) is 5.91 Å². The summed E-state index contributed by atoms with van der Waals surface area (Å²) in [5, 5.41) is 0. The zero-order valence-corrected chi connectivity index (χ0v) is 12.5. The third-order valence-corrected chi connectivity index (χ3v) is 3.72. The second-order valence-corrected chi connectivity index (χ2v) is 5.35. The summed E-state index contributed by atoms with van der Waals surface area (Å²) in [7, 11) is 2.16. The Bertz CT molecular complexity index is 467. The number of hydrogen-bond donors (Lipinski definition) is 2. The maximum atomic E-state index is 11.5. The van der Waals surface area contributed by atoms with E-state index < -0.39 is 0 Å². The number of hydrogen-bond acceptors (Lipinski definition) is 5. The number of carbonyl (C=O) groups excluding carboxylic acids is 1. The van der Waals surface area contributed by atoms with E-state index in [1.165, 1.54) is 6.42 Å². The molecule has 1 aromatic rings. The first-order chi connectivity index (χ1) is 10.2. The first-order valence-electron chi connectivity index (χ1n) is 7.34. The van der Waals surface area contributed by atoms with Gasteiger partial charge < -0.3 is 9.64 Å². The molecule has 3 N–H and O–H groups in total. The Balaban J connectivity index is 1.79. The fourth-order valence-corrected chi connectivity index (χ4v) is 2.43. The molecular weight excluding hydrogens is 268 g/mol. The summed E-state index contributed by atoms with van der Waals surface area (Å²) in [6, 6.07) is 7.06. The van der Waals surface area contributed by atoms with Crippen molar-refractivity contribution in [1.82, 2.24) is 15.2 Å². The Kier molecular flexibility index (Phi) is 5.98. The summed E-state index contributed by atoms with van der Waals surface area (Å²) in [6.07, 6.45) is 1.20. The van der Waals surface area contributed by atoms with Gasteiger partial charge in [-0.3, -0.25) is 15.1 Å². The van der Waals surface area contributed by atoms with E-state index >= 15 is 0 Å². The molecule has 6 heteroatoms. The topological polar surface area (TPSA) is 70.8 Å². The van der Waals surface area contributed by atoms with Gasteiger partial charge in [-0.1, -0.05) is 6.07 Å². The lowest BCUT2D eigenvalue weighted by Gasteiger charge is -2.20. The highest BCUT2D eigenvalue weighted by molar-refractivity contribution is 5.94. The normalized spacial score (nSPS) is 17.2. The number of amides is 1. The number of carbonyl (C=O) groups is 1. The van der Waals surface area contributed by atoms with Gasteiger partial charge in [-0.05, 0) is 44.8 Å². The van der Waals surface area contributed by atoms with Gasteiger partial charge in [0.1, 0.15) is 12.4 Å². The fourth-order valence-electron chi connectivity index (χ4n) is 2.43. The van der Waals surface area contributed by atoms with Crippen LogP contribution in [0.15, 0.2) is 24.3 Å². The molecule has 1 amide bonds. The van der Waals surface area contributed by atoms with E-state index in [4.69, 9.17) is 10.6 Å². The van der Waals surface area contributed by atoms with Crippen LogP contribution in [0, 0.1) is 0 Å². The number of likely N-dealkylation sites (N-methyl/N-ethyl adjacent to an activating group) is 1. The maximum absolute atomic E-state index is 11.5. The van der Waals surface area contributed by atoms with Crippen LogP contribution in [0.25, 0.3) is 0 Å². The molecule has 1 aromatic carbocycles. The third-order valence-electron chi connectivity index (χ3n) is 3.72. The van der Waals surface area contributed by atoms with Crippen LogP contribution in [0.2, 0.25) is 0 Å². The lowest BCUT2D eigenvalue weighted by molar-refractivity contribution is 0.0953. The Labute approximate surface area is 125 Å². The van der Waals surface area contributed by atoms with Crippen molar-refractivity contribution in [2.75, 3.05) is 46.4 Å². The molecule has 0 radical (unpaired) electrons. The van der Waals surface area contributed by atoms with E-state index in [0.717, 1.165) is 32.7 Å². The van der Waals surface area contributed by atoms with E-state index in [2.05, 4.69) is 22.3 Å². The quantitative estimate of drug-likeness (QED) is 0.464. The van der Waals surface area contributed by atoms with Gasteiger partial charge >= 0.3 is 0 Å². The van der Waals surface area contributed by atoms with Crippen LogP contribution in [0.3, 0.4) is 0 Å². The smallest absolute Gasteiger partial charge is 0.265 e. The molecule has 0 saturated carbocycles. The molecule has 2 rings (SSSR count). The number of nitrogens with zero attached hydrogens (tertiary/aromatic N) is 2. The summed E-state index contributed by atoms with van der Waals surface area (Å²) >= 11 is 0. The van der Waals surface area contributed by atoms with E-state index in [0.29, 0.717) is 17.9 Å². The number of nitrogen functional groups attached to an aromatic ring is 1. The minimum atomic E-state index is -0.309. The Morgan fingerprint density at radius 3 is 3.00 bits per heavy atom. The minimum Gasteiger partial charge on any atom is -0.492 e. The van der Waals surface area contributed by atoms with Gasteiger partial charge in [0.2, 0.25) is 0 Å². The van der Waals surface area contributed by atoms with Crippen LogP contribution >= 0.6 is 0 Å². The first kappa shape index (κ1) is 15.8. The SMILES string of the molecule is CN1CCCN(CCOc2cccc(C(=O)NN)c2)CC1. The average molecular weight is 292 g/mol. The molecule has 1 saturated heterocycles. The summed E-state index contributed by atoms with van der Waals surface area (Å²) < 4.78 is 5.74. The summed E-state index contributed by atoms with van der Waals surface area (Å²) in [5.41, 5.74) is 2.63. The number of ether oxygens (including phenoxy) is 1. The number of hydrazine groups is 1. The molecule has 1 fully saturated rings. The second-order valence-electron chi connectivity index (χ2n) is 5.35. The van der Waals surface area contributed by atoms with Crippen molar-refractivity contribution in [3.05, 3.63) is 29.8 Å². The minimum absolute atomic E-state index is 0.309. The van der Waals surface area contributed by atoms with Crippen LogP contribution in [-0.2, 0) is 0 Å². The summed E-state index contributed by atoms with van der Waals surface area (Å²) in [4.78, 5) is 16.2. The maximum Gasteiger partial charge on any atom is 0.265 e. The van der Waals surface area contributed by atoms with Crippen molar-refractivity contribution in [1.29, 1.82) is 0 Å². The Morgan fingerprint density at radius 1 is 1.33 bits per heavy atom. The summed E-state index contributed by atoms with van der Waals surface area (Å²) in [5.74, 6) is 5.51. The van der Waals surface area contributed by atoms with Crippen LogP contribution < -0.4 is 16.0 Å². The lowest BCUT2D eigenvalue weighted by Crippen LogP contribution is -2.32. The highest BCUT2D eigenvalue weighted by atomic mass is 16.5. The zero-order chi connectivity index (χ0) is 15.1. The van der Waals surface area contributed by atoms with E-state index in [1.54, 1.807) is 18.2 Å². The largest absolute Gasteiger partial charge is 0.492 e. The third kappa shape index (κ3) is 5.00. The van der Waals surface area contributed by atoms with Crippen molar-refractivity contribution >= 4 is 5.91 Å². The average Bonchev–Trinajstić information content (AvgIpc) is 2.71. The van der Waals surface area contributed by atoms with Gasteiger partial charge in [-0.2, -0.15) is 0 Å². The van der Waals surface area contributed by atoms with Crippen molar-refractivity contribution in [3.8, 4) is 5.75 Å². The number of nitrogens with one attached hydrogen (secondary N) is 1. The number of nitrogens with two attached hydrogens (primary N) is 1. The Morgan fingerprint density at radius 2 is 2.19 bits per heavy atom. The van der Waals surface area contributed by atoms with E-state index in [1.807, 2.05) is 6.07 Å². The molecular formula is C15H24N4O2. The zero-order valence-electron chi connectivity index (χ0n) is 12.5. The molecule has 0 atom stereocenters. The van der Waals surface area contributed by atoms with Crippen LogP contribution in [0.4, 0.5) is 0 Å². The van der Waals surface area contributed by atoms with Gasteiger partial charge in [0.15, 0.2) is 0 Å². The molecule has 0 aromatic heterocycles. The van der Waals surface area contributed by atoms with Gasteiger partial charge in [-0.25, -0.2) is 5.84 Å². The van der Waals surface area contributed by atoms with Crippen molar-refractivity contribution in [2.45, 2.75) is 6.42 Å². The highest BCUT2D eigenvalue weighted by Crippen LogP contribution is 2.13. The second kappa shape index (κ2) is 7.97. The van der Waals surface area contributed by atoms with Gasteiger partial charge in [-0.15, -0.1) is 0 Å². The monoisotopic (exact) mass is 292 g/mol. The Hall–Kier alpha value is -1.63. The predicted octanol–water partition coefficient (Wildman–Crippen LogP) is 0.306. The highest BCUT2D eigenvalue weighted by Gasteiger charge is 2.11. The van der Waals surface area contributed by atoms with Crippen molar-refractivity contribution in [3.63, 3.8) is 0 Å². The molecule has 1 aliphatic rings. The molecule has 1 heterocycles. The predicted molar refractivity (Wildman–Crippen MR) is 82.1 cm³/mol. The molecule has 1 aliphatic heterocycles. The summed E-state index contributed by atoms with van der Waals surface area (Å²) in [6.45, 7) is 5.98. The molecule has 0 aliphatic carbocycles. The van der Waals surface area contributed by atoms with Crippen molar-refractivity contribution < 1.29 is 9.53 Å². The molecule has 116 valence electrons. The van der Waals surface area contributed by atoms with Gasteiger partial charge in [0.05, 0.1) is 0 Å². The van der Waals surface area contributed by atoms with Crippen LogP contribution in [0.5, 0.6) is 5.75 Å². The van der Waals surface area contributed by atoms with E-state index in [9.17, 15) is 4.79 Å². The first-order valence-corrected chi connectivity index (χ1v) is 7.34. The standard InChI is InChI=1S/C15H24N4O2/c1-18-6-3-7-19(9-8-18)10-11-21-14-5-2-4-13(12-14)15(20)17-16/h2,4-5,12H,3,6-11,16H2,1H3,(H,17,20). The van der Waals surface area contributed by atoms with Crippen LogP contribution in [-0.4, -0.2) is 62.1 Å². The lowest BCUT2D eigenvalue weighted by atomic mass is 10.2. The van der Waals surface area contributed by atoms with Gasteiger partial charge in [0.25, 0.3) is 5.91 Å². The molecule has 0 unspecified atom stereocenters.